The summed E-state index contributed by atoms with van der Waals surface area (Å²) in [7, 11) is 0. The summed E-state index contributed by atoms with van der Waals surface area (Å²) < 4.78 is 1.26. The molecule has 0 heterocycles. The van der Waals surface area contributed by atoms with E-state index in [2.05, 4.69) is 31.9 Å². The standard InChI is InChI=1S/C8H8Br2O2/c1-3-4(2)7(11)8(12)6(10)5(3)9/h11-12H,1-2H3. The van der Waals surface area contributed by atoms with E-state index >= 15 is 0 Å². The van der Waals surface area contributed by atoms with Crippen molar-refractivity contribution in [3.63, 3.8) is 0 Å². The minimum Gasteiger partial charge on any atom is -0.504 e. The number of rotatable bonds is 0. The van der Waals surface area contributed by atoms with Crippen LogP contribution in [0.25, 0.3) is 0 Å². The Bertz CT molecular complexity index is 229. The molecule has 2 nitrogen and oxygen atoms in total. The first-order valence-corrected chi connectivity index (χ1v) is 4.91. The van der Waals surface area contributed by atoms with Gasteiger partial charge in [0.25, 0.3) is 0 Å². The van der Waals surface area contributed by atoms with Gasteiger partial charge >= 0.3 is 0 Å². The fourth-order valence-corrected chi connectivity index (χ4v) is 1.86. The highest BCUT2D eigenvalue weighted by molar-refractivity contribution is 9.13. The molecule has 4 heteroatoms. The number of halogens is 2. The molecule has 0 saturated carbocycles. The lowest BCUT2D eigenvalue weighted by Crippen LogP contribution is -1.86. The van der Waals surface area contributed by atoms with E-state index in [1.807, 2.05) is 6.92 Å². The molecule has 12 heavy (non-hydrogen) atoms. The Kier molecular flexibility index (Phi) is 2.68. The summed E-state index contributed by atoms with van der Waals surface area (Å²) in [5.74, 6) is -0.187. The van der Waals surface area contributed by atoms with Gasteiger partial charge < -0.3 is 10.2 Å². The van der Waals surface area contributed by atoms with Crippen LogP contribution in [0.1, 0.15) is 11.1 Å². The Balaban J connectivity index is 3.60. The zero-order valence-electron chi connectivity index (χ0n) is 6.65. The van der Waals surface area contributed by atoms with E-state index < -0.39 is 0 Å². The highest BCUT2D eigenvalue weighted by atomic mass is 79.9. The molecule has 0 atom stereocenters. The van der Waals surface area contributed by atoms with Gasteiger partial charge in [-0.05, 0) is 56.8 Å². The van der Waals surface area contributed by atoms with Crippen LogP contribution in [0.5, 0.6) is 11.5 Å². The van der Waals surface area contributed by atoms with E-state index in [0.29, 0.717) is 10.0 Å². The Morgan fingerprint density at radius 1 is 0.833 bits per heavy atom. The first kappa shape index (κ1) is 9.86. The Hall–Kier alpha value is -0.220. The molecule has 1 aromatic rings. The molecule has 0 amide bonds. The van der Waals surface area contributed by atoms with Crippen molar-refractivity contribution in [2.45, 2.75) is 13.8 Å². The van der Waals surface area contributed by atoms with Gasteiger partial charge in [-0.25, -0.2) is 0 Å². The third-order valence-corrected chi connectivity index (χ3v) is 4.17. The van der Waals surface area contributed by atoms with E-state index in [1.165, 1.54) is 0 Å². The van der Waals surface area contributed by atoms with Crippen LogP contribution in [0, 0.1) is 13.8 Å². The maximum Gasteiger partial charge on any atom is 0.173 e. The number of hydrogen-bond donors (Lipinski definition) is 2. The zero-order chi connectivity index (χ0) is 9.46. The molecule has 0 bridgehead atoms. The van der Waals surface area contributed by atoms with E-state index in [0.717, 1.165) is 10.0 Å². The molecule has 0 aliphatic heterocycles. The summed E-state index contributed by atoms with van der Waals surface area (Å²) >= 11 is 6.45. The van der Waals surface area contributed by atoms with Gasteiger partial charge in [0, 0.05) is 4.47 Å². The monoisotopic (exact) mass is 294 g/mol. The van der Waals surface area contributed by atoms with E-state index in [-0.39, 0.29) is 11.5 Å². The first-order valence-electron chi connectivity index (χ1n) is 3.33. The van der Waals surface area contributed by atoms with Gasteiger partial charge in [0.2, 0.25) is 0 Å². The van der Waals surface area contributed by atoms with Crippen molar-refractivity contribution in [2.75, 3.05) is 0 Å². The van der Waals surface area contributed by atoms with Crippen LogP contribution >= 0.6 is 31.9 Å². The van der Waals surface area contributed by atoms with Crippen LogP contribution in [0.3, 0.4) is 0 Å². The second-order valence-electron chi connectivity index (χ2n) is 2.58. The number of hydrogen-bond acceptors (Lipinski definition) is 2. The molecule has 0 unspecified atom stereocenters. The largest absolute Gasteiger partial charge is 0.504 e. The molecule has 0 aliphatic carbocycles. The Morgan fingerprint density at radius 2 is 1.33 bits per heavy atom. The van der Waals surface area contributed by atoms with Crippen molar-refractivity contribution < 1.29 is 10.2 Å². The average Bonchev–Trinajstić information content (AvgIpc) is 2.08. The summed E-state index contributed by atoms with van der Waals surface area (Å²) in [5.41, 5.74) is 1.60. The molecule has 0 spiro atoms. The third kappa shape index (κ3) is 1.33. The maximum absolute atomic E-state index is 9.39. The predicted molar refractivity (Wildman–Crippen MR) is 54.6 cm³/mol. The lowest BCUT2D eigenvalue weighted by molar-refractivity contribution is 0.398. The highest BCUT2D eigenvalue weighted by Gasteiger charge is 2.14. The Morgan fingerprint density at radius 3 is 1.83 bits per heavy atom. The van der Waals surface area contributed by atoms with Crippen LogP contribution < -0.4 is 0 Å². The fraction of sp³-hybridized carbons (Fsp3) is 0.250. The second-order valence-corrected chi connectivity index (χ2v) is 4.16. The molecule has 1 aromatic carbocycles. The normalized spacial score (nSPS) is 10.3. The number of benzene rings is 1. The summed E-state index contributed by atoms with van der Waals surface area (Å²) in [6, 6.07) is 0. The van der Waals surface area contributed by atoms with Crippen molar-refractivity contribution in [1.29, 1.82) is 0 Å². The summed E-state index contributed by atoms with van der Waals surface area (Å²) in [4.78, 5) is 0. The molecule has 66 valence electrons. The molecular weight excluding hydrogens is 288 g/mol. The van der Waals surface area contributed by atoms with E-state index in [1.54, 1.807) is 6.92 Å². The Labute approximate surface area is 87.5 Å². The van der Waals surface area contributed by atoms with Gasteiger partial charge in [0.1, 0.15) is 0 Å². The van der Waals surface area contributed by atoms with Crippen LogP contribution in [0.2, 0.25) is 0 Å². The van der Waals surface area contributed by atoms with Crippen LogP contribution in [-0.2, 0) is 0 Å². The smallest absolute Gasteiger partial charge is 0.173 e. The predicted octanol–water partition coefficient (Wildman–Crippen LogP) is 3.24. The van der Waals surface area contributed by atoms with Crippen molar-refractivity contribution in [2.24, 2.45) is 0 Å². The lowest BCUT2D eigenvalue weighted by Gasteiger charge is -2.10. The SMILES string of the molecule is Cc1c(C)c(Br)c(Br)c(O)c1O. The zero-order valence-corrected chi connectivity index (χ0v) is 9.82. The van der Waals surface area contributed by atoms with Gasteiger partial charge in [-0.2, -0.15) is 0 Å². The third-order valence-electron chi connectivity index (χ3n) is 1.87. The number of phenols is 2. The van der Waals surface area contributed by atoms with Gasteiger partial charge in [-0.3, -0.25) is 0 Å². The fourth-order valence-electron chi connectivity index (χ4n) is 0.892. The minimum absolute atomic E-state index is 0.0671. The highest BCUT2D eigenvalue weighted by Crippen LogP contribution is 2.43. The molecule has 0 aliphatic rings. The van der Waals surface area contributed by atoms with E-state index in [9.17, 15) is 10.2 Å². The summed E-state index contributed by atoms with van der Waals surface area (Å²) in [6.45, 7) is 3.62. The molecule has 0 saturated heterocycles. The van der Waals surface area contributed by atoms with Gasteiger partial charge in [-0.15, -0.1) is 0 Å². The van der Waals surface area contributed by atoms with Crippen LogP contribution in [0.15, 0.2) is 8.95 Å². The summed E-state index contributed by atoms with van der Waals surface area (Å²) in [5, 5.41) is 18.8. The average molecular weight is 296 g/mol. The van der Waals surface area contributed by atoms with E-state index in [4.69, 9.17) is 0 Å². The second kappa shape index (κ2) is 3.26. The molecular formula is C8H8Br2O2. The van der Waals surface area contributed by atoms with Gasteiger partial charge in [0.05, 0.1) is 4.47 Å². The van der Waals surface area contributed by atoms with Crippen molar-refractivity contribution in [3.8, 4) is 11.5 Å². The molecule has 0 aromatic heterocycles. The number of aromatic hydroxyl groups is 2. The molecule has 0 fully saturated rings. The number of phenolic OH excluding ortho intramolecular Hbond substituents is 2. The minimum atomic E-state index is -0.120. The van der Waals surface area contributed by atoms with Crippen LogP contribution in [0.4, 0.5) is 0 Å². The quantitative estimate of drug-likeness (QED) is 0.722. The van der Waals surface area contributed by atoms with Gasteiger partial charge in [-0.1, -0.05) is 0 Å². The van der Waals surface area contributed by atoms with Crippen molar-refractivity contribution >= 4 is 31.9 Å². The maximum atomic E-state index is 9.39. The molecule has 2 N–H and O–H groups in total. The first-order chi connectivity index (χ1) is 5.46. The topological polar surface area (TPSA) is 40.5 Å². The van der Waals surface area contributed by atoms with Crippen molar-refractivity contribution in [1.82, 2.24) is 0 Å². The van der Waals surface area contributed by atoms with Crippen molar-refractivity contribution in [3.05, 3.63) is 20.1 Å². The lowest BCUT2D eigenvalue weighted by atomic mass is 10.1. The van der Waals surface area contributed by atoms with Crippen LogP contribution in [-0.4, -0.2) is 10.2 Å². The molecule has 0 radical (unpaired) electrons. The molecule has 1 rings (SSSR count). The summed E-state index contributed by atoms with van der Waals surface area (Å²) in [6.07, 6.45) is 0. The van der Waals surface area contributed by atoms with Gasteiger partial charge in [0.15, 0.2) is 11.5 Å².